The Kier molecular flexibility index (Phi) is 4.95. The van der Waals surface area contributed by atoms with E-state index >= 15 is 0 Å². The van der Waals surface area contributed by atoms with Crippen LogP contribution in [0.4, 0.5) is 0 Å². The smallest absolute Gasteiger partial charge is 0.182 e. The van der Waals surface area contributed by atoms with Crippen molar-refractivity contribution >= 4 is 27.5 Å². The zero-order valence-corrected chi connectivity index (χ0v) is 17.8. The summed E-state index contributed by atoms with van der Waals surface area (Å²) in [5.41, 5.74) is 2.95. The van der Waals surface area contributed by atoms with Gasteiger partial charge in [-0.15, -0.1) is 0 Å². The third-order valence-electron chi connectivity index (χ3n) is 4.66. The third kappa shape index (κ3) is 3.34. The molecule has 3 heterocycles. The van der Waals surface area contributed by atoms with E-state index in [1.54, 1.807) is 16.8 Å². The predicted octanol–water partition coefficient (Wildman–Crippen LogP) is 3.74. The van der Waals surface area contributed by atoms with E-state index < -0.39 is 9.84 Å². The van der Waals surface area contributed by atoms with E-state index in [4.69, 9.17) is 9.47 Å². The monoisotopic (exact) mass is 432 g/mol. The second kappa shape index (κ2) is 7.31. The minimum absolute atomic E-state index is 0.000753. The van der Waals surface area contributed by atoms with E-state index in [2.05, 4.69) is 5.10 Å². The Balaban J connectivity index is 1.99. The highest BCUT2D eigenvalue weighted by Gasteiger charge is 2.31. The molecule has 1 aliphatic rings. The van der Waals surface area contributed by atoms with Crippen molar-refractivity contribution in [3.05, 3.63) is 40.2 Å². The lowest BCUT2D eigenvalue weighted by molar-refractivity contribution is 0.111. The molecule has 0 bridgehead atoms. The lowest BCUT2D eigenvalue weighted by Gasteiger charge is -2.22. The van der Waals surface area contributed by atoms with Crippen LogP contribution in [-0.4, -0.2) is 37.3 Å². The van der Waals surface area contributed by atoms with Gasteiger partial charge in [0.1, 0.15) is 28.7 Å². The number of nitrogens with zero attached hydrogens (tertiary/aromatic N) is 2. The van der Waals surface area contributed by atoms with E-state index in [9.17, 15) is 13.2 Å². The summed E-state index contributed by atoms with van der Waals surface area (Å²) in [5.74, 6) is 0.696. The Hall–Kier alpha value is -2.65. The van der Waals surface area contributed by atoms with Crippen molar-refractivity contribution < 1.29 is 22.7 Å². The fourth-order valence-corrected chi connectivity index (χ4v) is 5.89. The molecule has 1 aromatic carbocycles. The number of sulfone groups is 1. The van der Waals surface area contributed by atoms with Crippen LogP contribution in [0.1, 0.15) is 29.9 Å². The van der Waals surface area contributed by atoms with E-state index in [1.165, 1.54) is 18.4 Å². The van der Waals surface area contributed by atoms with Gasteiger partial charge in [-0.2, -0.15) is 16.4 Å². The number of methoxy groups -OCH3 is 1. The third-order valence-corrected chi connectivity index (χ3v) is 7.42. The predicted molar refractivity (Wildman–Crippen MR) is 110 cm³/mol. The summed E-state index contributed by atoms with van der Waals surface area (Å²) in [6, 6.07) is 5.06. The zero-order valence-electron chi connectivity index (χ0n) is 16.2. The Morgan fingerprint density at radius 1 is 1.38 bits per heavy atom. The van der Waals surface area contributed by atoms with Gasteiger partial charge in [0.05, 0.1) is 24.2 Å². The van der Waals surface area contributed by atoms with Crippen LogP contribution in [0.5, 0.6) is 11.5 Å². The molecular formula is C20H20N2O5S2. The van der Waals surface area contributed by atoms with E-state index in [-0.39, 0.29) is 34.6 Å². The zero-order chi connectivity index (χ0) is 20.8. The van der Waals surface area contributed by atoms with Crippen molar-refractivity contribution in [2.45, 2.75) is 25.3 Å². The van der Waals surface area contributed by atoms with Crippen molar-refractivity contribution in [3.63, 3.8) is 0 Å². The SMILES string of the molecule is COc1cc2c(cc1S(=O)(=O)CC(C)C)-c1c(c(C=O)nn1-c1ccsc1)CO2. The molecule has 0 unspecified atom stereocenters. The van der Waals surface area contributed by atoms with Gasteiger partial charge in [-0.3, -0.25) is 4.79 Å². The Morgan fingerprint density at radius 3 is 2.79 bits per heavy atom. The molecule has 0 amide bonds. The molecule has 0 atom stereocenters. The van der Waals surface area contributed by atoms with Crippen LogP contribution >= 0.6 is 11.3 Å². The molecule has 3 aromatic rings. The van der Waals surface area contributed by atoms with Gasteiger partial charge in [0, 0.05) is 22.6 Å². The number of fused-ring (bicyclic) bond motifs is 3. The first kappa shape index (κ1) is 19.7. The molecular weight excluding hydrogens is 412 g/mol. The summed E-state index contributed by atoms with van der Waals surface area (Å²) in [7, 11) is -2.15. The first-order valence-corrected chi connectivity index (χ1v) is 11.6. The average molecular weight is 433 g/mol. The molecule has 0 saturated heterocycles. The molecule has 1 aliphatic heterocycles. The van der Waals surface area contributed by atoms with Gasteiger partial charge in [0.15, 0.2) is 16.1 Å². The van der Waals surface area contributed by atoms with Crippen LogP contribution in [0.25, 0.3) is 16.9 Å². The van der Waals surface area contributed by atoms with Crippen molar-refractivity contribution in [2.24, 2.45) is 5.92 Å². The highest BCUT2D eigenvalue weighted by atomic mass is 32.2. The van der Waals surface area contributed by atoms with Gasteiger partial charge in [-0.25, -0.2) is 13.1 Å². The number of thiophene rings is 1. The van der Waals surface area contributed by atoms with Gasteiger partial charge in [-0.05, 0) is 23.4 Å². The molecule has 4 rings (SSSR count). The van der Waals surface area contributed by atoms with Crippen LogP contribution < -0.4 is 9.47 Å². The fraction of sp³-hybridized carbons (Fsp3) is 0.300. The quantitative estimate of drug-likeness (QED) is 0.552. The largest absolute Gasteiger partial charge is 0.495 e. The van der Waals surface area contributed by atoms with Gasteiger partial charge in [0.2, 0.25) is 0 Å². The second-order valence-electron chi connectivity index (χ2n) is 7.19. The molecule has 0 fully saturated rings. The molecule has 7 nitrogen and oxygen atoms in total. The molecule has 0 spiro atoms. The number of benzene rings is 1. The van der Waals surface area contributed by atoms with Crippen LogP contribution in [0.15, 0.2) is 33.9 Å². The molecule has 29 heavy (non-hydrogen) atoms. The molecule has 2 aromatic heterocycles. The molecule has 0 saturated carbocycles. The number of rotatable bonds is 6. The maximum absolute atomic E-state index is 13.0. The Morgan fingerprint density at radius 2 is 2.17 bits per heavy atom. The summed E-state index contributed by atoms with van der Waals surface area (Å²) in [5, 5.41) is 8.26. The van der Waals surface area contributed by atoms with Gasteiger partial charge < -0.3 is 9.47 Å². The highest BCUT2D eigenvalue weighted by molar-refractivity contribution is 7.91. The maximum atomic E-state index is 13.0. The first-order valence-electron chi connectivity index (χ1n) is 9.03. The molecule has 0 aliphatic carbocycles. The number of carbonyl (C=O) groups is 1. The number of hydrogen-bond donors (Lipinski definition) is 0. The van der Waals surface area contributed by atoms with Crippen LogP contribution in [0.3, 0.4) is 0 Å². The fourth-order valence-electron chi connectivity index (χ4n) is 3.47. The lowest BCUT2D eigenvalue weighted by Crippen LogP contribution is -2.15. The number of aromatic nitrogens is 2. The average Bonchev–Trinajstić information content (AvgIpc) is 3.33. The summed E-state index contributed by atoms with van der Waals surface area (Å²) >= 11 is 1.51. The summed E-state index contributed by atoms with van der Waals surface area (Å²) in [6.07, 6.45) is 0.690. The van der Waals surface area contributed by atoms with Crippen molar-refractivity contribution in [2.75, 3.05) is 12.9 Å². The van der Waals surface area contributed by atoms with E-state index in [0.717, 1.165) is 5.69 Å². The van der Waals surface area contributed by atoms with E-state index in [0.29, 0.717) is 28.9 Å². The minimum atomic E-state index is -3.58. The topological polar surface area (TPSA) is 87.5 Å². The van der Waals surface area contributed by atoms with Crippen molar-refractivity contribution in [3.8, 4) is 28.4 Å². The van der Waals surface area contributed by atoms with Crippen molar-refractivity contribution in [1.29, 1.82) is 0 Å². The Bertz CT molecular complexity index is 1180. The van der Waals surface area contributed by atoms with Crippen LogP contribution in [0.2, 0.25) is 0 Å². The molecule has 0 radical (unpaired) electrons. The number of hydrogen-bond acceptors (Lipinski definition) is 7. The van der Waals surface area contributed by atoms with Gasteiger partial charge in [-0.1, -0.05) is 13.8 Å². The normalized spacial score (nSPS) is 13.0. The first-order chi connectivity index (χ1) is 13.9. The van der Waals surface area contributed by atoms with Crippen molar-refractivity contribution in [1.82, 2.24) is 9.78 Å². The summed E-state index contributed by atoms with van der Waals surface area (Å²) in [6.45, 7) is 3.87. The van der Waals surface area contributed by atoms with Crippen LogP contribution in [-0.2, 0) is 16.4 Å². The second-order valence-corrected chi connectivity index (χ2v) is 9.97. The Labute approximate surface area is 172 Å². The highest BCUT2D eigenvalue weighted by Crippen LogP contribution is 2.44. The number of ether oxygens (including phenoxy) is 2. The molecule has 9 heteroatoms. The van der Waals surface area contributed by atoms with Crippen LogP contribution in [0, 0.1) is 5.92 Å². The minimum Gasteiger partial charge on any atom is -0.495 e. The standard InChI is InChI=1S/C20H20N2O5S2/c1-12(2)11-29(24,25)19-6-14-17(7-18(19)26-3)27-9-15-16(8-23)21-22(20(14)15)13-4-5-28-10-13/h4-8,10,12H,9,11H2,1-3H3. The molecule has 152 valence electrons. The summed E-state index contributed by atoms with van der Waals surface area (Å²) in [4.78, 5) is 11.7. The number of aldehydes is 1. The summed E-state index contributed by atoms with van der Waals surface area (Å²) < 4.78 is 38.9. The van der Waals surface area contributed by atoms with E-state index in [1.807, 2.05) is 30.7 Å². The molecule has 0 N–H and O–H groups in total. The van der Waals surface area contributed by atoms with Gasteiger partial charge >= 0.3 is 0 Å². The lowest BCUT2D eigenvalue weighted by atomic mass is 10.0. The maximum Gasteiger partial charge on any atom is 0.182 e. The van der Waals surface area contributed by atoms with Gasteiger partial charge in [0.25, 0.3) is 0 Å². The number of carbonyl (C=O) groups excluding carboxylic acids is 1.